The van der Waals surface area contributed by atoms with Crippen LogP contribution < -0.4 is 27.4 Å². The van der Waals surface area contributed by atoms with Crippen molar-refractivity contribution in [2.24, 2.45) is 16.5 Å². The van der Waals surface area contributed by atoms with Gasteiger partial charge in [0.2, 0.25) is 23.6 Å². The first-order chi connectivity index (χ1) is 13.7. The molecule has 4 amide bonds. The Bertz CT molecular complexity index is 634. The zero-order valence-corrected chi connectivity index (χ0v) is 17.4. The molecule has 1 saturated heterocycles. The smallest absolute Gasteiger partial charge is 0.245 e. The third-order valence-corrected chi connectivity index (χ3v) is 4.56. The maximum Gasteiger partial charge on any atom is 0.245 e. The Morgan fingerprint density at radius 2 is 1.90 bits per heavy atom. The van der Waals surface area contributed by atoms with Gasteiger partial charge < -0.3 is 32.3 Å². The van der Waals surface area contributed by atoms with Crippen molar-refractivity contribution in [2.75, 3.05) is 19.6 Å². The van der Waals surface area contributed by atoms with E-state index in [0.717, 1.165) is 0 Å². The van der Waals surface area contributed by atoms with Crippen molar-refractivity contribution in [1.82, 2.24) is 20.9 Å². The van der Waals surface area contributed by atoms with Crippen LogP contribution in [0.4, 0.5) is 0 Å². The number of amides is 4. The Hall–Kier alpha value is -2.85. The molecule has 0 aliphatic carbocycles. The molecular formula is C18H33N7O4. The summed E-state index contributed by atoms with van der Waals surface area (Å²) < 4.78 is 0. The van der Waals surface area contributed by atoms with Crippen molar-refractivity contribution < 1.29 is 19.2 Å². The van der Waals surface area contributed by atoms with Gasteiger partial charge in [-0.05, 0) is 39.5 Å². The molecule has 0 spiro atoms. The van der Waals surface area contributed by atoms with E-state index in [1.807, 2.05) is 6.92 Å². The Morgan fingerprint density at radius 3 is 2.48 bits per heavy atom. The van der Waals surface area contributed by atoms with Crippen molar-refractivity contribution in [1.29, 1.82) is 0 Å². The fourth-order valence-electron chi connectivity index (χ4n) is 3.22. The van der Waals surface area contributed by atoms with E-state index in [-0.39, 0.29) is 23.7 Å². The van der Waals surface area contributed by atoms with Gasteiger partial charge in [0.1, 0.15) is 18.1 Å². The van der Waals surface area contributed by atoms with Crippen LogP contribution in [0.15, 0.2) is 4.99 Å². The minimum atomic E-state index is -0.845. The van der Waals surface area contributed by atoms with E-state index in [1.54, 1.807) is 0 Å². The second-order valence-electron chi connectivity index (χ2n) is 7.02. The molecule has 164 valence electrons. The molecule has 0 aromatic rings. The summed E-state index contributed by atoms with van der Waals surface area (Å²) in [5, 5.41) is 7.92. The number of likely N-dealkylation sites (tertiary alicyclic amines) is 1. The Kier molecular flexibility index (Phi) is 9.90. The van der Waals surface area contributed by atoms with E-state index in [1.165, 1.54) is 18.7 Å². The molecule has 1 aliphatic heterocycles. The Labute approximate surface area is 171 Å². The summed E-state index contributed by atoms with van der Waals surface area (Å²) in [6.45, 7) is 5.89. The lowest BCUT2D eigenvalue weighted by Crippen LogP contribution is -2.56. The number of carbonyl (C=O) groups excluding carboxylic acids is 4. The second kappa shape index (κ2) is 11.9. The van der Waals surface area contributed by atoms with Gasteiger partial charge in [0, 0.05) is 26.6 Å². The molecular weight excluding hydrogens is 378 g/mol. The molecule has 29 heavy (non-hydrogen) atoms. The van der Waals surface area contributed by atoms with E-state index in [4.69, 9.17) is 11.5 Å². The molecule has 1 heterocycles. The minimum Gasteiger partial charge on any atom is -0.370 e. The van der Waals surface area contributed by atoms with Gasteiger partial charge in [-0.2, -0.15) is 0 Å². The first kappa shape index (κ1) is 24.2. The van der Waals surface area contributed by atoms with Crippen molar-refractivity contribution in [3.8, 4) is 0 Å². The zero-order chi connectivity index (χ0) is 22.0. The van der Waals surface area contributed by atoms with Gasteiger partial charge in [0.25, 0.3) is 0 Å². The van der Waals surface area contributed by atoms with Crippen molar-refractivity contribution in [3.05, 3.63) is 0 Å². The molecule has 7 N–H and O–H groups in total. The van der Waals surface area contributed by atoms with E-state index in [0.29, 0.717) is 45.3 Å². The molecule has 0 aromatic carbocycles. The predicted molar refractivity (Wildman–Crippen MR) is 109 cm³/mol. The number of hydrogen-bond donors (Lipinski definition) is 5. The third kappa shape index (κ3) is 7.96. The average molecular weight is 412 g/mol. The number of rotatable bonds is 10. The zero-order valence-electron chi connectivity index (χ0n) is 17.4. The summed E-state index contributed by atoms with van der Waals surface area (Å²) in [6, 6.07) is -2.19. The predicted octanol–water partition coefficient (Wildman–Crippen LogP) is -1.82. The maximum absolute atomic E-state index is 13.1. The quantitative estimate of drug-likeness (QED) is 0.161. The minimum absolute atomic E-state index is 0.0490. The van der Waals surface area contributed by atoms with Crippen LogP contribution in [0.5, 0.6) is 0 Å². The van der Waals surface area contributed by atoms with Gasteiger partial charge in [0.15, 0.2) is 5.96 Å². The summed E-state index contributed by atoms with van der Waals surface area (Å²) in [6.07, 6.45) is 2.05. The van der Waals surface area contributed by atoms with Gasteiger partial charge in [-0.15, -0.1) is 0 Å². The maximum atomic E-state index is 13.1. The molecule has 0 unspecified atom stereocenters. The van der Waals surface area contributed by atoms with Crippen LogP contribution in [-0.4, -0.2) is 72.2 Å². The van der Waals surface area contributed by atoms with Crippen molar-refractivity contribution in [2.45, 2.75) is 64.6 Å². The summed E-state index contributed by atoms with van der Waals surface area (Å²) in [5.74, 6) is -1.40. The number of carbonyl (C=O) groups is 4. The molecule has 1 aliphatic rings. The molecule has 3 atom stereocenters. The molecule has 0 saturated carbocycles. The van der Waals surface area contributed by atoms with Crippen LogP contribution in [0.2, 0.25) is 0 Å². The highest BCUT2D eigenvalue weighted by atomic mass is 16.2. The first-order valence-electron chi connectivity index (χ1n) is 9.88. The summed E-state index contributed by atoms with van der Waals surface area (Å²) in [4.78, 5) is 54.4. The number of aliphatic imine (C=N–C) groups is 1. The van der Waals surface area contributed by atoms with Gasteiger partial charge in [0.05, 0.1) is 0 Å². The summed E-state index contributed by atoms with van der Waals surface area (Å²) in [5.41, 5.74) is 10.6. The normalized spacial score (nSPS) is 17.8. The van der Waals surface area contributed by atoms with Gasteiger partial charge in [-0.1, -0.05) is 0 Å². The molecule has 0 bridgehead atoms. The van der Waals surface area contributed by atoms with Gasteiger partial charge in [-0.25, -0.2) is 0 Å². The van der Waals surface area contributed by atoms with Crippen LogP contribution in [0.25, 0.3) is 0 Å². The van der Waals surface area contributed by atoms with Crippen molar-refractivity contribution >= 4 is 29.6 Å². The van der Waals surface area contributed by atoms with Gasteiger partial charge >= 0.3 is 0 Å². The molecule has 11 heteroatoms. The van der Waals surface area contributed by atoms with Crippen LogP contribution in [0.1, 0.15) is 46.5 Å². The van der Waals surface area contributed by atoms with Crippen LogP contribution >= 0.6 is 0 Å². The standard InChI is InChI=1S/C18H33N7O4/c1-4-21-16(28)14-8-6-10-25(14)17(29)13(7-5-9-22-18(19)20)24-15(27)11(2)23-12(3)26/h11,13-14H,4-10H2,1-3H3,(H,21,28)(H,23,26)(H,24,27)(H4,19,20,22)/t11-,13+,14+/m1/s1. The largest absolute Gasteiger partial charge is 0.370 e. The fraction of sp³-hybridized carbons (Fsp3) is 0.722. The Balaban J connectivity index is 2.88. The molecule has 1 rings (SSSR count). The molecule has 0 aromatic heterocycles. The number of likely N-dealkylation sites (N-methyl/N-ethyl adjacent to an activating group) is 1. The number of nitrogens with zero attached hydrogens (tertiary/aromatic N) is 2. The first-order valence-corrected chi connectivity index (χ1v) is 9.88. The SMILES string of the molecule is CCNC(=O)[C@@H]1CCCN1C(=O)[C@H](CCCN=C(N)N)NC(=O)[C@@H](C)NC(C)=O. The number of nitrogens with two attached hydrogens (primary N) is 2. The average Bonchev–Trinajstić information content (AvgIpc) is 3.12. The Morgan fingerprint density at radius 1 is 1.21 bits per heavy atom. The lowest BCUT2D eigenvalue weighted by atomic mass is 10.1. The lowest BCUT2D eigenvalue weighted by molar-refractivity contribution is -0.141. The topological polar surface area (TPSA) is 172 Å². The van der Waals surface area contributed by atoms with E-state index >= 15 is 0 Å². The van der Waals surface area contributed by atoms with Crippen LogP contribution in [0.3, 0.4) is 0 Å². The van der Waals surface area contributed by atoms with Gasteiger partial charge in [-0.3, -0.25) is 24.2 Å². The monoisotopic (exact) mass is 411 g/mol. The lowest BCUT2D eigenvalue weighted by Gasteiger charge is -2.29. The van der Waals surface area contributed by atoms with E-state index in [2.05, 4.69) is 20.9 Å². The molecule has 11 nitrogen and oxygen atoms in total. The van der Waals surface area contributed by atoms with E-state index < -0.39 is 24.0 Å². The molecule has 0 radical (unpaired) electrons. The van der Waals surface area contributed by atoms with E-state index in [9.17, 15) is 19.2 Å². The number of guanidine groups is 1. The highest BCUT2D eigenvalue weighted by molar-refractivity contribution is 5.94. The summed E-state index contributed by atoms with van der Waals surface area (Å²) >= 11 is 0. The second-order valence-corrected chi connectivity index (χ2v) is 7.02. The summed E-state index contributed by atoms with van der Waals surface area (Å²) in [7, 11) is 0. The number of hydrogen-bond acceptors (Lipinski definition) is 5. The third-order valence-electron chi connectivity index (χ3n) is 4.56. The van der Waals surface area contributed by atoms with Crippen LogP contribution in [0, 0.1) is 0 Å². The number of nitrogens with one attached hydrogen (secondary N) is 3. The highest BCUT2D eigenvalue weighted by Crippen LogP contribution is 2.19. The molecule has 1 fully saturated rings. The van der Waals surface area contributed by atoms with Crippen LogP contribution in [-0.2, 0) is 19.2 Å². The fourth-order valence-corrected chi connectivity index (χ4v) is 3.22. The van der Waals surface area contributed by atoms with Crippen molar-refractivity contribution in [3.63, 3.8) is 0 Å². The highest BCUT2D eigenvalue weighted by Gasteiger charge is 2.37.